The Hall–Kier alpha value is -1.55. The highest BCUT2D eigenvalue weighted by Gasteiger charge is 2.24. The van der Waals surface area contributed by atoms with Crippen molar-refractivity contribution in [1.82, 2.24) is 10.6 Å². The van der Waals surface area contributed by atoms with Crippen molar-refractivity contribution in [2.75, 3.05) is 44.9 Å². The van der Waals surface area contributed by atoms with Crippen LogP contribution in [0.5, 0.6) is 5.75 Å². The third-order valence-corrected chi connectivity index (χ3v) is 3.76. The molecule has 0 fully saturated rings. The molecule has 1 aromatic rings. The second-order valence-electron chi connectivity index (χ2n) is 5.92. The topological polar surface area (TPSA) is 75.2 Å². The Kier molecular flexibility index (Phi) is 10.3. The third kappa shape index (κ3) is 6.64. The van der Waals surface area contributed by atoms with Gasteiger partial charge in [0.05, 0.1) is 12.3 Å². The molecule has 1 aromatic carbocycles. The molecular formula is C18H29IN4O3. The van der Waals surface area contributed by atoms with Crippen LogP contribution < -0.4 is 20.3 Å². The lowest BCUT2D eigenvalue weighted by molar-refractivity contribution is -0.121. The molecule has 1 atom stereocenters. The van der Waals surface area contributed by atoms with Crippen molar-refractivity contribution < 1.29 is 14.3 Å². The maximum atomic E-state index is 12.1. The van der Waals surface area contributed by atoms with Gasteiger partial charge in [0.25, 0.3) is 5.91 Å². The molecule has 0 saturated carbocycles. The molecule has 2 N–H and O–H groups in total. The van der Waals surface area contributed by atoms with Crippen molar-refractivity contribution in [2.45, 2.75) is 26.3 Å². The predicted octanol–water partition coefficient (Wildman–Crippen LogP) is 2.01. The minimum Gasteiger partial charge on any atom is -0.482 e. The summed E-state index contributed by atoms with van der Waals surface area (Å²) in [4.78, 5) is 18.5. The number of guanidine groups is 1. The number of para-hydroxylation sites is 2. The Morgan fingerprint density at radius 1 is 1.42 bits per heavy atom. The minimum absolute atomic E-state index is 0. The molecule has 0 aromatic heterocycles. The first kappa shape index (κ1) is 22.5. The highest BCUT2D eigenvalue weighted by molar-refractivity contribution is 14.0. The molecular weight excluding hydrogens is 447 g/mol. The molecule has 7 nitrogen and oxygen atoms in total. The summed E-state index contributed by atoms with van der Waals surface area (Å²) in [6.07, 6.45) is 0.773. The first-order chi connectivity index (χ1) is 12.2. The molecule has 2 rings (SSSR count). The second-order valence-corrected chi connectivity index (χ2v) is 5.92. The number of methoxy groups -OCH3 is 1. The fourth-order valence-electron chi connectivity index (χ4n) is 2.66. The lowest BCUT2D eigenvalue weighted by Gasteiger charge is -2.29. The molecule has 1 heterocycles. The number of amides is 1. The fraction of sp³-hybridized carbons (Fsp3) is 0.556. The van der Waals surface area contributed by atoms with Crippen molar-refractivity contribution >= 4 is 41.5 Å². The van der Waals surface area contributed by atoms with E-state index in [1.165, 1.54) is 0 Å². The van der Waals surface area contributed by atoms with Crippen LogP contribution in [-0.4, -0.2) is 57.9 Å². The SMILES string of the molecule is CCNC(=NCCCN1C(=O)COc2ccccc21)NC(C)COC.I. The Morgan fingerprint density at radius 3 is 2.92 bits per heavy atom. The smallest absolute Gasteiger partial charge is 0.265 e. The van der Waals surface area contributed by atoms with E-state index in [0.29, 0.717) is 19.7 Å². The highest BCUT2D eigenvalue weighted by Crippen LogP contribution is 2.31. The van der Waals surface area contributed by atoms with Crippen LogP contribution >= 0.6 is 24.0 Å². The number of rotatable bonds is 8. The van der Waals surface area contributed by atoms with Gasteiger partial charge in [0, 0.05) is 32.8 Å². The normalized spacial score (nSPS) is 14.8. The number of nitrogens with zero attached hydrogens (tertiary/aromatic N) is 2. The number of ether oxygens (including phenoxy) is 2. The summed E-state index contributed by atoms with van der Waals surface area (Å²) in [6.45, 7) is 6.82. The Morgan fingerprint density at radius 2 is 2.19 bits per heavy atom. The zero-order valence-corrected chi connectivity index (χ0v) is 18.0. The molecule has 1 amide bonds. The first-order valence-corrected chi connectivity index (χ1v) is 8.71. The molecule has 0 aliphatic carbocycles. The number of nitrogens with one attached hydrogen (secondary N) is 2. The van der Waals surface area contributed by atoms with E-state index in [1.807, 2.05) is 38.1 Å². The first-order valence-electron chi connectivity index (χ1n) is 8.71. The molecule has 1 unspecified atom stereocenters. The minimum atomic E-state index is -0.0126. The van der Waals surface area contributed by atoms with Gasteiger partial charge in [-0.3, -0.25) is 9.79 Å². The zero-order valence-electron chi connectivity index (χ0n) is 15.7. The molecule has 1 aliphatic heterocycles. The molecule has 8 heteroatoms. The van der Waals surface area contributed by atoms with Gasteiger partial charge in [0.1, 0.15) is 5.75 Å². The van der Waals surface area contributed by atoms with Crippen molar-refractivity contribution in [3.8, 4) is 5.75 Å². The number of carbonyl (C=O) groups excluding carboxylic acids is 1. The second kappa shape index (κ2) is 11.9. The van der Waals surface area contributed by atoms with E-state index in [1.54, 1.807) is 12.0 Å². The summed E-state index contributed by atoms with van der Waals surface area (Å²) >= 11 is 0. The summed E-state index contributed by atoms with van der Waals surface area (Å²) < 4.78 is 10.6. The van der Waals surface area contributed by atoms with Crippen LogP contribution in [0.1, 0.15) is 20.3 Å². The summed E-state index contributed by atoms with van der Waals surface area (Å²) in [6, 6.07) is 7.80. The van der Waals surface area contributed by atoms with Crippen LogP contribution in [0.25, 0.3) is 0 Å². The van der Waals surface area contributed by atoms with Gasteiger partial charge in [0.15, 0.2) is 12.6 Å². The number of hydrogen-bond acceptors (Lipinski definition) is 4. The quantitative estimate of drug-likeness (QED) is 0.260. The van der Waals surface area contributed by atoms with E-state index < -0.39 is 0 Å². The molecule has 26 heavy (non-hydrogen) atoms. The van der Waals surface area contributed by atoms with Crippen molar-refractivity contribution in [1.29, 1.82) is 0 Å². The molecule has 146 valence electrons. The lowest BCUT2D eigenvalue weighted by Crippen LogP contribution is -2.44. The number of carbonyl (C=O) groups is 1. The number of fused-ring (bicyclic) bond motifs is 1. The van der Waals surface area contributed by atoms with E-state index >= 15 is 0 Å². The number of aliphatic imine (C=N–C) groups is 1. The van der Waals surface area contributed by atoms with Gasteiger partial charge in [-0.25, -0.2) is 0 Å². The van der Waals surface area contributed by atoms with Crippen molar-refractivity contribution in [3.63, 3.8) is 0 Å². The average molecular weight is 476 g/mol. The number of halogens is 1. The van der Waals surface area contributed by atoms with E-state index in [2.05, 4.69) is 15.6 Å². The van der Waals surface area contributed by atoms with Crippen molar-refractivity contribution in [3.05, 3.63) is 24.3 Å². The molecule has 0 radical (unpaired) electrons. The zero-order chi connectivity index (χ0) is 18.1. The highest BCUT2D eigenvalue weighted by atomic mass is 127. The van der Waals surface area contributed by atoms with E-state index in [-0.39, 0.29) is 42.5 Å². The summed E-state index contributed by atoms with van der Waals surface area (Å²) in [5.74, 6) is 1.51. The van der Waals surface area contributed by atoms with E-state index in [9.17, 15) is 4.79 Å². The van der Waals surface area contributed by atoms with Gasteiger partial charge < -0.3 is 25.0 Å². The number of hydrogen-bond donors (Lipinski definition) is 2. The summed E-state index contributed by atoms with van der Waals surface area (Å²) in [5.41, 5.74) is 0.835. The number of anilines is 1. The molecule has 1 aliphatic rings. The summed E-state index contributed by atoms with van der Waals surface area (Å²) in [7, 11) is 1.68. The Balaban J connectivity index is 0.00000338. The Bertz CT molecular complexity index is 598. The Labute approximate surface area is 172 Å². The van der Waals surface area contributed by atoms with Crippen LogP contribution in [0.3, 0.4) is 0 Å². The van der Waals surface area contributed by atoms with Crippen molar-refractivity contribution in [2.24, 2.45) is 4.99 Å². The average Bonchev–Trinajstić information content (AvgIpc) is 2.60. The predicted molar refractivity (Wildman–Crippen MR) is 115 cm³/mol. The standard InChI is InChI=1S/C18H28N4O3.HI/c1-4-19-18(21-14(2)12-24-3)20-10-7-11-22-15-8-5-6-9-16(15)25-13-17(22)23;/h5-6,8-9,14H,4,7,10-13H2,1-3H3,(H2,19,20,21);1H. The van der Waals surface area contributed by atoms with Crippen LogP contribution in [0.4, 0.5) is 5.69 Å². The van der Waals surface area contributed by atoms with Crippen LogP contribution in [0, 0.1) is 0 Å². The van der Waals surface area contributed by atoms with E-state index in [4.69, 9.17) is 9.47 Å². The molecule has 0 bridgehead atoms. The van der Waals surface area contributed by atoms with Crippen LogP contribution in [0.15, 0.2) is 29.3 Å². The molecule has 0 spiro atoms. The largest absolute Gasteiger partial charge is 0.482 e. The number of benzene rings is 1. The van der Waals surface area contributed by atoms with E-state index in [0.717, 1.165) is 30.4 Å². The van der Waals surface area contributed by atoms with Crippen LogP contribution in [-0.2, 0) is 9.53 Å². The molecule has 0 saturated heterocycles. The van der Waals surface area contributed by atoms with Gasteiger partial charge in [-0.05, 0) is 32.4 Å². The fourth-order valence-corrected chi connectivity index (χ4v) is 2.66. The monoisotopic (exact) mass is 476 g/mol. The van der Waals surface area contributed by atoms with Gasteiger partial charge in [-0.2, -0.15) is 0 Å². The maximum absolute atomic E-state index is 12.1. The van der Waals surface area contributed by atoms with Gasteiger partial charge in [-0.15, -0.1) is 24.0 Å². The lowest BCUT2D eigenvalue weighted by atomic mass is 10.2. The summed E-state index contributed by atoms with van der Waals surface area (Å²) in [5, 5.41) is 6.51. The van der Waals surface area contributed by atoms with Gasteiger partial charge in [0.2, 0.25) is 0 Å². The van der Waals surface area contributed by atoms with Gasteiger partial charge >= 0.3 is 0 Å². The van der Waals surface area contributed by atoms with Gasteiger partial charge in [-0.1, -0.05) is 12.1 Å². The van der Waals surface area contributed by atoms with Crippen LogP contribution in [0.2, 0.25) is 0 Å². The maximum Gasteiger partial charge on any atom is 0.265 e. The third-order valence-electron chi connectivity index (χ3n) is 3.76.